The summed E-state index contributed by atoms with van der Waals surface area (Å²) in [5.41, 5.74) is 4.74. The minimum atomic E-state index is 0. The summed E-state index contributed by atoms with van der Waals surface area (Å²) in [5.74, 6) is 0. The molecule has 2 aromatic rings. The number of rotatable bonds is 1. The fourth-order valence-electron chi connectivity index (χ4n) is 1.36. The molecule has 0 amide bonds. The molecule has 0 aliphatic heterocycles. The number of aryl methyl sites for hydroxylation is 2. The minimum Gasteiger partial charge on any atom is -0.184 e. The Morgan fingerprint density at radius 1 is 0.688 bits per heavy atom. The second kappa shape index (κ2) is 7.87. The summed E-state index contributed by atoms with van der Waals surface area (Å²) < 4.78 is 0. The molecular formula is C14H12Y2-2. The fourth-order valence-corrected chi connectivity index (χ4v) is 1.36. The molecule has 0 bridgehead atoms. The summed E-state index contributed by atoms with van der Waals surface area (Å²) in [4.78, 5) is 0. The van der Waals surface area contributed by atoms with Gasteiger partial charge in [0.25, 0.3) is 0 Å². The largest absolute Gasteiger partial charge is 0.184 e. The monoisotopic (exact) mass is 358 g/mol. The Bertz CT molecular complexity index is 372. The van der Waals surface area contributed by atoms with E-state index in [2.05, 4.69) is 36.4 Å². The smallest absolute Gasteiger partial charge is 0 e. The molecule has 0 nitrogen and oxygen atoms in total. The van der Waals surface area contributed by atoms with Crippen molar-refractivity contribution in [1.29, 1.82) is 0 Å². The Kier molecular flexibility index (Phi) is 8.19. The molecule has 0 fully saturated rings. The average Bonchev–Trinajstić information content (AvgIpc) is 2.21. The molecule has 0 unspecified atom stereocenters. The van der Waals surface area contributed by atoms with Crippen molar-refractivity contribution in [3.63, 3.8) is 0 Å². The van der Waals surface area contributed by atoms with E-state index >= 15 is 0 Å². The van der Waals surface area contributed by atoms with Gasteiger partial charge in [-0.05, 0) is 0 Å². The van der Waals surface area contributed by atoms with Gasteiger partial charge in [-0.25, -0.2) is 0 Å². The molecule has 0 N–H and O–H groups in total. The van der Waals surface area contributed by atoms with E-state index in [1.165, 1.54) is 22.3 Å². The Labute approximate surface area is 148 Å². The van der Waals surface area contributed by atoms with Crippen molar-refractivity contribution >= 4 is 0 Å². The zero-order chi connectivity index (χ0) is 9.97. The van der Waals surface area contributed by atoms with E-state index in [0.29, 0.717) is 0 Å². The van der Waals surface area contributed by atoms with Gasteiger partial charge in [-0.1, -0.05) is 13.8 Å². The molecule has 0 heterocycles. The molecule has 76 valence electrons. The molecule has 2 heteroatoms. The van der Waals surface area contributed by atoms with Gasteiger partial charge in [0.05, 0.1) is 0 Å². The molecule has 2 rings (SSSR count). The zero-order valence-corrected chi connectivity index (χ0v) is 15.3. The number of hydrogen-bond acceptors (Lipinski definition) is 0. The maximum Gasteiger partial charge on any atom is 0 e. The Morgan fingerprint density at radius 2 is 1.06 bits per heavy atom. The van der Waals surface area contributed by atoms with Crippen molar-refractivity contribution in [2.75, 3.05) is 0 Å². The number of benzene rings is 2. The van der Waals surface area contributed by atoms with E-state index in [-0.39, 0.29) is 65.4 Å². The van der Waals surface area contributed by atoms with Crippen LogP contribution in [0.15, 0.2) is 36.4 Å². The topological polar surface area (TPSA) is 0 Å². The van der Waals surface area contributed by atoms with Crippen LogP contribution in [0.5, 0.6) is 0 Å². The maximum absolute atomic E-state index is 3.20. The molecule has 0 aliphatic carbocycles. The number of hydrogen-bond donors (Lipinski definition) is 0. The summed E-state index contributed by atoms with van der Waals surface area (Å²) in [5, 5.41) is 0. The van der Waals surface area contributed by atoms with Crippen molar-refractivity contribution < 1.29 is 65.4 Å². The summed E-state index contributed by atoms with van der Waals surface area (Å²) >= 11 is 0. The third kappa shape index (κ3) is 4.49. The van der Waals surface area contributed by atoms with Gasteiger partial charge in [-0.3, -0.25) is 0 Å². The molecule has 2 radical (unpaired) electrons. The van der Waals surface area contributed by atoms with Crippen LogP contribution in [-0.2, 0) is 65.4 Å². The van der Waals surface area contributed by atoms with Crippen LogP contribution in [0.3, 0.4) is 0 Å². The van der Waals surface area contributed by atoms with Crippen LogP contribution in [-0.4, -0.2) is 0 Å². The van der Waals surface area contributed by atoms with Gasteiger partial charge in [0.1, 0.15) is 0 Å². The summed E-state index contributed by atoms with van der Waals surface area (Å²) in [6.45, 7) is 4.09. The van der Waals surface area contributed by atoms with Gasteiger partial charge in [-0.15, -0.1) is 0 Å². The van der Waals surface area contributed by atoms with Crippen LogP contribution in [0.2, 0.25) is 0 Å². The molecule has 0 aromatic heterocycles. The molecule has 0 atom stereocenters. The van der Waals surface area contributed by atoms with E-state index in [4.69, 9.17) is 0 Å². The van der Waals surface area contributed by atoms with Crippen LogP contribution in [0.25, 0.3) is 11.1 Å². The van der Waals surface area contributed by atoms with Crippen LogP contribution in [0.1, 0.15) is 11.1 Å². The van der Waals surface area contributed by atoms with Crippen molar-refractivity contribution in [3.05, 3.63) is 59.7 Å². The summed E-state index contributed by atoms with van der Waals surface area (Å²) in [6.07, 6.45) is 0. The third-order valence-electron chi connectivity index (χ3n) is 2.27. The first-order chi connectivity index (χ1) is 6.75. The molecule has 2 aromatic carbocycles. The summed E-state index contributed by atoms with van der Waals surface area (Å²) in [6, 6.07) is 18.8. The van der Waals surface area contributed by atoms with E-state index in [1.54, 1.807) is 0 Å². The second-order valence-corrected chi connectivity index (χ2v) is 3.52. The maximum atomic E-state index is 3.20. The Morgan fingerprint density at radius 3 is 1.31 bits per heavy atom. The van der Waals surface area contributed by atoms with E-state index in [0.717, 1.165) is 0 Å². The normalized spacial score (nSPS) is 8.88. The van der Waals surface area contributed by atoms with Crippen molar-refractivity contribution in [3.8, 4) is 11.1 Å². The van der Waals surface area contributed by atoms with Gasteiger partial charge in [0.2, 0.25) is 0 Å². The average molecular weight is 358 g/mol. The van der Waals surface area contributed by atoms with Crippen molar-refractivity contribution in [2.24, 2.45) is 0 Å². The molecule has 16 heavy (non-hydrogen) atoms. The molecule has 0 spiro atoms. The van der Waals surface area contributed by atoms with Crippen LogP contribution < -0.4 is 0 Å². The van der Waals surface area contributed by atoms with Gasteiger partial charge in [0.15, 0.2) is 0 Å². The van der Waals surface area contributed by atoms with Crippen LogP contribution in [0, 0.1) is 26.0 Å². The Balaban J connectivity index is 0.00000112. The quantitative estimate of drug-likeness (QED) is 0.684. The Hall–Kier alpha value is 0.648. The van der Waals surface area contributed by atoms with Crippen molar-refractivity contribution in [2.45, 2.75) is 13.8 Å². The second-order valence-electron chi connectivity index (χ2n) is 3.52. The standard InChI is InChI=1S/C14H12.2Y/c1-11-3-7-13(8-4-11)14-9-5-12(2)6-10-14;;/h3,5,7-10H,1-2H3;;/q-2;;. The first-order valence-corrected chi connectivity index (χ1v) is 4.73. The van der Waals surface area contributed by atoms with Gasteiger partial charge in [0, 0.05) is 65.4 Å². The van der Waals surface area contributed by atoms with Crippen LogP contribution in [0.4, 0.5) is 0 Å². The van der Waals surface area contributed by atoms with Gasteiger partial charge in [-0.2, -0.15) is 70.8 Å². The predicted octanol–water partition coefficient (Wildman–Crippen LogP) is 3.57. The first-order valence-electron chi connectivity index (χ1n) is 4.73. The molecular weight excluding hydrogens is 346 g/mol. The molecule has 0 aliphatic rings. The van der Waals surface area contributed by atoms with Gasteiger partial charge < -0.3 is 0 Å². The van der Waals surface area contributed by atoms with E-state index < -0.39 is 0 Å². The molecule has 0 saturated heterocycles. The third-order valence-corrected chi connectivity index (χ3v) is 2.27. The summed E-state index contributed by atoms with van der Waals surface area (Å²) in [7, 11) is 0. The fraction of sp³-hybridized carbons (Fsp3) is 0.143. The van der Waals surface area contributed by atoms with Crippen molar-refractivity contribution in [1.82, 2.24) is 0 Å². The predicted molar refractivity (Wildman–Crippen MR) is 59.0 cm³/mol. The van der Waals surface area contributed by atoms with Crippen LogP contribution >= 0.6 is 0 Å². The molecule has 0 saturated carbocycles. The van der Waals surface area contributed by atoms with Gasteiger partial charge >= 0.3 is 0 Å². The first kappa shape index (κ1) is 16.6. The zero-order valence-electron chi connectivity index (χ0n) is 9.62. The van der Waals surface area contributed by atoms with E-state index in [1.807, 2.05) is 26.0 Å². The minimum absolute atomic E-state index is 0. The SMILES string of the molecule is Cc1[c-]cc(-c2c[c-]c(C)cc2)cc1.[Y].[Y]. The van der Waals surface area contributed by atoms with E-state index in [9.17, 15) is 0 Å².